The number of carbonyl (C=O) groups is 14. The summed E-state index contributed by atoms with van der Waals surface area (Å²) in [5.41, 5.74) is 6.58. The van der Waals surface area contributed by atoms with Gasteiger partial charge >= 0.3 is 23.9 Å². The lowest BCUT2D eigenvalue weighted by Crippen LogP contribution is -2.62. The molecule has 0 bridgehead atoms. The Bertz CT molecular complexity index is 4320. The van der Waals surface area contributed by atoms with E-state index in [0.717, 1.165) is 9.80 Å². The second kappa shape index (κ2) is 37.3. The standard InChI is InChI=1S/C75H90N14O23S/c1-39(70(106)88-30-6-4-9-55(88)72(108)89-38-45(112-79-37-41-25-28-77-29-26-41)36-56(89)68(104)83-51(20-23-61(96)97)65(101)82-50(64(76)100)19-22-60(94)95)80-69(105)63(40(2)90)85-67(103)54-11-8-32-87(54)71(107)52(21-24-62(98)99)84-66(102)53-10-7-31-86(53)59(93)12-3-5-27-78-74(113)81-42-13-16-46-49(33-42)75(111-73(46)109)47-17-14-43(91)34-57(47)110-58-35-44(92)15-18-48(58)75/h13-18,25-26,28-29,33-35,37,39-40,45,50-56,63,90-92H,3-12,19-24,27,30-32,36,38H2,1-2H3,(H2,76,100)(H,80,105)(H,82,101)(H,83,104)(H,84,102)(H,85,103)(H,94,95)(H,96,97)(H,98,99)(H2,78,81,113)/b79-37-/t39-,40+,45-,50-,51-,52-,53-,54-,55?,56-,63-/m0/s1. The number of piperidine rings is 1. The zero-order valence-electron chi connectivity index (χ0n) is 61.8. The summed E-state index contributed by atoms with van der Waals surface area (Å²) >= 11 is 5.63. The number of hydrogen-bond donors (Lipinski definition) is 14. The van der Waals surface area contributed by atoms with E-state index in [0.29, 0.717) is 66.6 Å². The fourth-order valence-corrected chi connectivity index (χ4v) is 15.1. The first kappa shape index (κ1) is 83.4. The maximum atomic E-state index is 15.0. The highest BCUT2D eigenvalue weighted by atomic mass is 32.1. The van der Waals surface area contributed by atoms with E-state index in [1.165, 1.54) is 66.5 Å². The summed E-state index contributed by atoms with van der Waals surface area (Å²) in [6.07, 6.45) is 0.861. The van der Waals surface area contributed by atoms with Crippen LogP contribution in [0.15, 0.2) is 84.3 Å². The number of aromatic hydroxyl groups is 2. The number of nitrogens with zero attached hydrogens (tertiary/aromatic N) is 6. The van der Waals surface area contributed by atoms with Gasteiger partial charge in [0, 0.05) is 105 Å². The zero-order valence-corrected chi connectivity index (χ0v) is 62.6. The number of aliphatic carboxylic acids is 3. The van der Waals surface area contributed by atoms with E-state index in [-0.39, 0.29) is 104 Å². The Kier molecular flexibility index (Phi) is 27.5. The molecule has 0 radical (unpaired) electrons. The number of oxime groups is 1. The number of nitrogens with one attached hydrogen (secondary N) is 7. The van der Waals surface area contributed by atoms with Crippen LogP contribution in [0.25, 0.3) is 0 Å². The number of aromatic nitrogens is 1. The van der Waals surface area contributed by atoms with E-state index in [4.69, 9.17) is 32.3 Å². The molecule has 6 aliphatic heterocycles. The average molecular weight is 1590 g/mol. The van der Waals surface area contributed by atoms with Gasteiger partial charge in [0.25, 0.3) is 0 Å². The van der Waals surface area contributed by atoms with Crippen molar-refractivity contribution >= 4 is 112 Å². The molecule has 38 heteroatoms. The lowest BCUT2D eigenvalue weighted by atomic mass is 9.77. The van der Waals surface area contributed by atoms with E-state index in [1.807, 2.05) is 0 Å². The SMILES string of the molecule is C[C@H](NC(=O)[C@@H](NC(=O)[C@@H]1CCCN1C(=O)[C@H](CCC(=O)O)NC(=O)[C@@H]1CCCN1C(=O)CCCCNC(=S)Nc1ccc2c(c1)C1(OC2=O)c2ccc(O)cc2Oc2cc(O)ccc21)[C@@H](C)O)C(=O)N1CCCCC1C(=O)N1C[C@@H](O/N=C\c2ccncc2)C[C@H]1C(=O)N[C@@H](CCC(=O)O)C(=O)N[C@@H](CCC(=O)O)C(N)=O. The van der Waals surface area contributed by atoms with Gasteiger partial charge in [-0.3, -0.25) is 67.3 Å². The Morgan fingerprint density at radius 2 is 1.21 bits per heavy atom. The Balaban J connectivity index is 0.730. The lowest BCUT2D eigenvalue weighted by molar-refractivity contribution is -0.151. The number of carboxylic acid groups (broad SMARTS) is 3. The number of esters is 1. The van der Waals surface area contributed by atoms with Crippen LogP contribution in [0.4, 0.5) is 5.69 Å². The number of aliphatic hydroxyl groups excluding tert-OH is 1. The number of hydrogen-bond acceptors (Lipinski definition) is 23. The molecule has 7 heterocycles. The first-order chi connectivity index (χ1) is 53.9. The lowest BCUT2D eigenvalue weighted by Gasteiger charge is -2.39. The van der Waals surface area contributed by atoms with Crippen LogP contribution in [-0.2, 0) is 77.5 Å². The second-order valence-electron chi connectivity index (χ2n) is 28.4. The summed E-state index contributed by atoms with van der Waals surface area (Å²) in [5.74, 6) is -13.0. The third kappa shape index (κ3) is 20.2. The van der Waals surface area contributed by atoms with E-state index >= 15 is 0 Å². The first-order valence-electron chi connectivity index (χ1n) is 37.1. The number of unbranched alkanes of at least 4 members (excludes halogenated alkanes) is 1. The van der Waals surface area contributed by atoms with Crippen LogP contribution in [0.1, 0.15) is 156 Å². The highest BCUT2D eigenvalue weighted by Gasteiger charge is 2.55. The molecule has 37 nitrogen and oxygen atoms in total. The number of primary amides is 1. The van der Waals surface area contributed by atoms with Crippen molar-refractivity contribution < 1.29 is 112 Å². The van der Waals surface area contributed by atoms with Crippen LogP contribution in [0.2, 0.25) is 0 Å². The van der Waals surface area contributed by atoms with Crippen LogP contribution < -0.4 is 47.7 Å². The normalized spacial score (nSPS) is 20.1. The number of phenolic OH excluding ortho intramolecular Hbond substituents is 2. The molecule has 4 aromatic rings. The molecule has 4 fully saturated rings. The van der Waals surface area contributed by atoms with E-state index in [1.54, 1.807) is 42.5 Å². The number of ether oxygens (including phenoxy) is 2. The Labute approximate surface area is 652 Å². The molecule has 113 heavy (non-hydrogen) atoms. The molecule has 11 atom stereocenters. The fourth-order valence-electron chi connectivity index (χ4n) is 14.9. The van der Waals surface area contributed by atoms with Crippen LogP contribution in [0, 0.1) is 0 Å². The molecule has 15 N–H and O–H groups in total. The van der Waals surface area contributed by atoms with Gasteiger partial charge in [-0.05, 0) is 163 Å². The van der Waals surface area contributed by atoms with Crippen molar-refractivity contribution in [1.29, 1.82) is 0 Å². The van der Waals surface area contributed by atoms with Gasteiger partial charge in [0.2, 0.25) is 59.1 Å². The summed E-state index contributed by atoms with van der Waals surface area (Å²) in [6, 6.07) is 4.03. The van der Waals surface area contributed by atoms with Gasteiger partial charge in [0.15, 0.2) is 10.7 Å². The highest BCUT2D eigenvalue weighted by molar-refractivity contribution is 7.80. The monoisotopic (exact) mass is 1590 g/mol. The molecule has 10 rings (SSSR count). The average Bonchev–Trinajstić information content (AvgIpc) is 1.60. The Morgan fingerprint density at radius 1 is 0.637 bits per heavy atom. The quantitative estimate of drug-likeness (QED) is 0.0103. The number of phenols is 2. The molecular formula is C75H90N14O23S. The van der Waals surface area contributed by atoms with Gasteiger partial charge < -0.3 is 108 Å². The van der Waals surface area contributed by atoms with Crippen molar-refractivity contribution in [3.05, 3.63) is 107 Å². The number of carbonyl (C=O) groups excluding carboxylic acids is 11. The number of thiocarbonyl (C=S) groups is 1. The number of benzene rings is 3. The van der Waals surface area contributed by atoms with Gasteiger partial charge in [0.1, 0.15) is 83.5 Å². The summed E-state index contributed by atoms with van der Waals surface area (Å²) in [4.78, 5) is 204. The summed E-state index contributed by atoms with van der Waals surface area (Å²) in [6.45, 7) is 2.64. The van der Waals surface area contributed by atoms with Gasteiger partial charge in [-0.25, -0.2) is 4.79 Å². The van der Waals surface area contributed by atoms with Crippen LogP contribution in [-0.4, -0.2) is 249 Å². The Morgan fingerprint density at radius 3 is 1.85 bits per heavy atom. The van der Waals surface area contributed by atoms with Gasteiger partial charge in [-0.1, -0.05) is 5.16 Å². The van der Waals surface area contributed by atoms with Crippen LogP contribution in [0.3, 0.4) is 0 Å². The molecule has 10 amide bonds. The smallest absolute Gasteiger partial charge is 0.340 e. The largest absolute Gasteiger partial charge is 0.508 e. The molecule has 4 saturated heterocycles. The molecule has 0 aliphatic carbocycles. The summed E-state index contributed by atoms with van der Waals surface area (Å²) in [7, 11) is 0. The molecule has 0 saturated carbocycles. The topological polar surface area (TPSA) is 536 Å². The minimum atomic E-state index is -1.77. The number of pyridine rings is 1. The number of carboxylic acids is 3. The fraction of sp³-hybridized carbons (Fsp3) is 0.480. The third-order valence-corrected chi connectivity index (χ3v) is 20.8. The predicted octanol–water partition coefficient (Wildman–Crippen LogP) is 0.805. The zero-order chi connectivity index (χ0) is 81.5. The minimum Gasteiger partial charge on any atom is -0.508 e. The van der Waals surface area contributed by atoms with E-state index in [2.05, 4.69) is 47.4 Å². The van der Waals surface area contributed by atoms with Crippen molar-refractivity contribution in [2.75, 3.05) is 38.0 Å². The van der Waals surface area contributed by atoms with Crippen molar-refractivity contribution in [3.8, 4) is 23.0 Å². The number of nitrogens with two attached hydrogens (primary N) is 1. The number of anilines is 1. The second-order valence-corrected chi connectivity index (χ2v) is 28.8. The molecule has 1 spiro atoms. The maximum Gasteiger partial charge on any atom is 0.340 e. The summed E-state index contributed by atoms with van der Waals surface area (Å²) < 4.78 is 12.2. The number of aliphatic hydroxyl groups is 1. The van der Waals surface area contributed by atoms with E-state index < -0.39 is 188 Å². The number of fused-ring (bicyclic) bond motifs is 6. The molecule has 1 unspecified atom stereocenters. The third-order valence-electron chi connectivity index (χ3n) is 20.5. The predicted molar refractivity (Wildman–Crippen MR) is 399 cm³/mol. The van der Waals surface area contributed by atoms with Gasteiger partial charge in [-0.2, -0.15) is 0 Å². The molecule has 6 aliphatic rings. The van der Waals surface area contributed by atoms with Crippen molar-refractivity contribution in [2.45, 2.75) is 195 Å². The summed E-state index contributed by atoms with van der Waals surface area (Å²) in [5, 5.41) is 83.1. The van der Waals surface area contributed by atoms with Crippen molar-refractivity contribution in [1.82, 2.24) is 56.5 Å². The van der Waals surface area contributed by atoms with Crippen LogP contribution in [0.5, 0.6) is 23.0 Å². The van der Waals surface area contributed by atoms with E-state index in [9.17, 15) is 97.8 Å². The first-order valence-corrected chi connectivity index (χ1v) is 37.6. The van der Waals surface area contributed by atoms with Crippen molar-refractivity contribution in [3.63, 3.8) is 0 Å². The highest BCUT2D eigenvalue weighted by Crippen LogP contribution is 2.57. The van der Waals surface area contributed by atoms with Gasteiger partial charge in [0.05, 0.1) is 24.4 Å². The minimum absolute atomic E-state index is 0.0218. The molecular weight excluding hydrogens is 1500 g/mol. The maximum absolute atomic E-state index is 15.0. The number of rotatable bonds is 33. The molecule has 3 aromatic carbocycles. The molecule has 1 aromatic heterocycles. The number of amides is 10. The Hall–Kier alpha value is -12.1. The van der Waals surface area contributed by atoms with Crippen molar-refractivity contribution in [2.24, 2.45) is 10.9 Å². The van der Waals surface area contributed by atoms with Gasteiger partial charge in [-0.15, -0.1) is 0 Å². The molecule has 604 valence electrons. The van der Waals surface area contributed by atoms with Crippen LogP contribution >= 0.6 is 12.2 Å². The number of likely N-dealkylation sites (tertiary alicyclic amines) is 4.